The van der Waals surface area contributed by atoms with Crippen molar-refractivity contribution in [2.75, 3.05) is 19.8 Å². The zero-order chi connectivity index (χ0) is 15.4. The summed E-state index contributed by atoms with van der Waals surface area (Å²) in [6.07, 6.45) is 0.517. The van der Waals surface area contributed by atoms with Crippen LogP contribution in [0.25, 0.3) is 0 Å². The maximum absolute atomic E-state index is 12.4. The van der Waals surface area contributed by atoms with Gasteiger partial charge in [0, 0.05) is 23.7 Å². The van der Waals surface area contributed by atoms with E-state index in [1.807, 2.05) is 13.0 Å². The van der Waals surface area contributed by atoms with E-state index < -0.39 is 11.0 Å². The Morgan fingerprint density at radius 3 is 3.00 bits per heavy atom. The minimum absolute atomic E-state index is 0.0647. The monoisotopic (exact) mass is 289 g/mol. The molecule has 1 heterocycles. The zero-order valence-corrected chi connectivity index (χ0v) is 11.6. The van der Waals surface area contributed by atoms with Crippen LogP contribution in [0.2, 0.25) is 0 Å². The summed E-state index contributed by atoms with van der Waals surface area (Å²) in [5.74, 6) is -0.379. The van der Waals surface area contributed by atoms with E-state index >= 15 is 0 Å². The van der Waals surface area contributed by atoms with Gasteiger partial charge in [-0.1, -0.05) is 13.0 Å². The molecule has 1 saturated heterocycles. The highest BCUT2D eigenvalue weighted by Crippen LogP contribution is 2.22. The lowest BCUT2D eigenvalue weighted by Gasteiger charge is -2.31. The lowest BCUT2D eigenvalue weighted by molar-refractivity contribution is -0.385. The van der Waals surface area contributed by atoms with Gasteiger partial charge in [-0.2, -0.15) is 5.26 Å². The number of benzene rings is 1. The van der Waals surface area contributed by atoms with E-state index in [0.717, 1.165) is 0 Å². The highest BCUT2D eigenvalue weighted by molar-refractivity contribution is 5.95. The van der Waals surface area contributed by atoms with E-state index in [-0.39, 0.29) is 23.8 Å². The van der Waals surface area contributed by atoms with Crippen molar-refractivity contribution in [2.24, 2.45) is 0 Å². The molecular formula is C14H15N3O4. The van der Waals surface area contributed by atoms with Crippen molar-refractivity contribution in [3.63, 3.8) is 0 Å². The Kier molecular flexibility index (Phi) is 4.50. The average molecular weight is 289 g/mol. The van der Waals surface area contributed by atoms with Crippen LogP contribution in [0.1, 0.15) is 22.8 Å². The molecule has 1 aliphatic rings. The quantitative estimate of drug-likeness (QED) is 0.621. The SMILES string of the molecule is CCc1ccc(C(=O)N2CCOC[C@@H]2C#N)cc1[N+](=O)[O-]. The number of carbonyl (C=O) groups excluding carboxylic acids is 1. The third kappa shape index (κ3) is 3.01. The molecule has 0 aromatic heterocycles. The summed E-state index contributed by atoms with van der Waals surface area (Å²) < 4.78 is 5.16. The first-order valence-corrected chi connectivity index (χ1v) is 6.64. The molecule has 0 saturated carbocycles. The molecule has 0 radical (unpaired) electrons. The molecule has 1 aromatic rings. The van der Waals surface area contributed by atoms with Crippen LogP contribution in [-0.4, -0.2) is 41.5 Å². The normalized spacial score (nSPS) is 18.1. The van der Waals surface area contributed by atoms with Crippen LogP contribution in [0.5, 0.6) is 0 Å². The molecule has 1 aliphatic heterocycles. The highest BCUT2D eigenvalue weighted by atomic mass is 16.6. The number of carbonyl (C=O) groups is 1. The van der Waals surface area contributed by atoms with Gasteiger partial charge in [-0.3, -0.25) is 14.9 Å². The van der Waals surface area contributed by atoms with Gasteiger partial charge in [-0.05, 0) is 12.5 Å². The first-order chi connectivity index (χ1) is 10.1. The number of hydrogen-bond donors (Lipinski definition) is 0. The first kappa shape index (κ1) is 14.9. The number of nitriles is 1. The molecule has 7 heteroatoms. The highest BCUT2D eigenvalue weighted by Gasteiger charge is 2.29. The number of nitro groups is 1. The minimum Gasteiger partial charge on any atom is -0.376 e. The molecule has 0 bridgehead atoms. The van der Waals surface area contributed by atoms with Gasteiger partial charge < -0.3 is 9.64 Å². The van der Waals surface area contributed by atoms with E-state index in [4.69, 9.17) is 10.00 Å². The molecule has 0 aliphatic carbocycles. The minimum atomic E-state index is -0.656. The van der Waals surface area contributed by atoms with Gasteiger partial charge >= 0.3 is 0 Å². The molecule has 7 nitrogen and oxygen atoms in total. The number of nitrogens with zero attached hydrogens (tertiary/aromatic N) is 3. The van der Waals surface area contributed by atoms with Crippen molar-refractivity contribution in [3.8, 4) is 6.07 Å². The number of ether oxygens (including phenoxy) is 1. The van der Waals surface area contributed by atoms with Crippen molar-refractivity contribution >= 4 is 11.6 Å². The average Bonchev–Trinajstić information content (AvgIpc) is 2.53. The van der Waals surface area contributed by atoms with Crippen molar-refractivity contribution < 1.29 is 14.5 Å². The molecule has 110 valence electrons. The zero-order valence-electron chi connectivity index (χ0n) is 11.6. The largest absolute Gasteiger partial charge is 0.376 e. The molecule has 2 rings (SSSR count). The molecule has 1 aromatic carbocycles. The Morgan fingerprint density at radius 1 is 1.62 bits per heavy atom. The fourth-order valence-corrected chi connectivity index (χ4v) is 2.29. The topological polar surface area (TPSA) is 96.5 Å². The van der Waals surface area contributed by atoms with Gasteiger partial charge in [-0.15, -0.1) is 0 Å². The van der Waals surface area contributed by atoms with E-state index in [0.29, 0.717) is 25.1 Å². The first-order valence-electron chi connectivity index (χ1n) is 6.64. The predicted molar refractivity (Wildman–Crippen MR) is 73.7 cm³/mol. The molecule has 0 N–H and O–H groups in total. The lowest BCUT2D eigenvalue weighted by atomic mass is 10.1. The predicted octanol–water partition coefficient (Wildman–Crippen LogP) is 1.52. The van der Waals surface area contributed by atoms with Gasteiger partial charge in [0.25, 0.3) is 11.6 Å². The Balaban J connectivity index is 2.33. The van der Waals surface area contributed by atoms with Gasteiger partial charge in [0.05, 0.1) is 24.2 Å². The van der Waals surface area contributed by atoms with E-state index in [2.05, 4.69) is 0 Å². The Hall–Kier alpha value is -2.46. The Bertz CT molecular complexity index is 609. The summed E-state index contributed by atoms with van der Waals surface area (Å²) in [7, 11) is 0. The van der Waals surface area contributed by atoms with Crippen molar-refractivity contribution in [3.05, 3.63) is 39.4 Å². The van der Waals surface area contributed by atoms with Crippen LogP contribution in [0.3, 0.4) is 0 Å². The van der Waals surface area contributed by atoms with Crippen LogP contribution in [0.15, 0.2) is 18.2 Å². The summed E-state index contributed by atoms with van der Waals surface area (Å²) in [4.78, 5) is 24.4. The molecule has 21 heavy (non-hydrogen) atoms. The third-order valence-electron chi connectivity index (χ3n) is 3.45. The molecule has 1 fully saturated rings. The van der Waals surface area contributed by atoms with E-state index in [9.17, 15) is 14.9 Å². The van der Waals surface area contributed by atoms with Crippen LogP contribution < -0.4 is 0 Å². The van der Waals surface area contributed by atoms with E-state index in [1.165, 1.54) is 11.0 Å². The molecule has 0 spiro atoms. The van der Waals surface area contributed by atoms with Crippen LogP contribution in [-0.2, 0) is 11.2 Å². The van der Waals surface area contributed by atoms with Crippen molar-refractivity contribution in [2.45, 2.75) is 19.4 Å². The summed E-state index contributed by atoms with van der Waals surface area (Å²) in [5, 5.41) is 20.1. The second-order valence-corrected chi connectivity index (χ2v) is 4.67. The smallest absolute Gasteiger partial charge is 0.273 e. The summed E-state index contributed by atoms with van der Waals surface area (Å²) >= 11 is 0. The molecule has 1 amide bonds. The summed E-state index contributed by atoms with van der Waals surface area (Å²) in [5.41, 5.74) is 0.738. The summed E-state index contributed by atoms with van der Waals surface area (Å²) in [6, 6.07) is 5.80. The maximum atomic E-state index is 12.4. The maximum Gasteiger partial charge on any atom is 0.273 e. The number of hydrogen-bond acceptors (Lipinski definition) is 5. The van der Waals surface area contributed by atoms with Gasteiger partial charge in [0.2, 0.25) is 0 Å². The van der Waals surface area contributed by atoms with Crippen LogP contribution in [0.4, 0.5) is 5.69 Å². The number of amides is 1. The standard InChI is InChI=1S/C14H15N3O4/c1-2-10-3-4-11(7-13(10)17(19)20)14(18)16-5-6-21-9-12(16)8-15/h3-4,7,12H,2,5-6,9H2,1H3/t12-/m0/s1. The Labute approximate surface area is 121 Å². The molecule has 0 unspecified atom stereocenters. The number of rotatable bonds is 3. The lowest BCUT2D eigenvalue weighted by Crippen LogP contribution is -2.48. The van der Waals surface area contributed by atoms with Crippen molar-refractivity contribution in [1.82, 2.24) is 4.90 Å². The second-order valence-electron chi connectivity index (χ2n) is 4.67. The summed E-state index contributed by atoms with van der Waals surface area (Å²) in [6.45, 7) is 2.65. The third-order valence-corrected chi connectivity index (χ3v) is 3.45. The fourth-order valence-electron chi connectivity index (χ4n) is 2.29. The van der Waals surface area contributed by atoms with Gasteiger partial charge in [0.1, 0.15) is 6.04 Å². The number of aryl methyl sites for hydroxylation is 1. The molecular weight excluding hydrogens is 274 g/mol. The van der Waals surface area contributed by atoms with E-state index in [1.54, 1.807) is 12.1 Å². The Morgan fingerprint density at radius 2 is 2.38 bits per heavy atom. The van der Waals surface area contributed by atoms with Gasteiger partial charge in [-0.25, -0.2) is 0 Å². The van der Waals surface area contributed by atoms with Crippen molar-refractivity contribution in [1.29, 1.82) is 5.26 Å². The van der Waals surface area contributed by atoms with Crippen LogP contribution >= 0.6 is 0 Å². The molecule has 1 atom stereocenters. The fraction of sp³-hybridized carbons (Fsp3) is 0.429. The number of nitro benzene ring substituents is 1. The van der Waals surface area contributed by atoms with Crippen LogP contribution in [0, 0.1) is 21.4 Å². The number of morpholine rings is 1. The van der Waals surface area contributed by atoms with Gasteiger partial charge in [0.15, 0.2) is 0 Å². The second kappa shape index (κ2) is 6.33.